The Balaban J connectivity index is 1.67. The van der Waals surface area contributed by atoms with Gasteiger partial charge in [0, 0.05) is 21.3 Å². The van der Waals surface area contributed by atoms with Gasteiger partial charge in [0.2, 0.25) is 0 Å². The topological polar surface area (TPSA) is 47.8 Å². The molecule has 0 N–H and O–H groups in total. The standard InChI is InChI=1S/C22H16BrN3OS/c23-19-14-8-7-13-18(19)20(27)15-28-22-25-24-21(16-9-3-1-4-10-16)26(22)17-11-5-2-6-12-17/h1-14H,15H2. The summed E-state index contributed by atoms with van der Waals surface area (Å²) < 4.78 is 2.79. The third-order valence-corrected chi connectivity index (χ3v) is 5.81. The van der Waals surface area contributed by atoms with Crippen LogP contribution in [-0.4, -0.2) is 26.3 Å². The summed E-state index contributed by atoms with van der Waals surface area (Å²) in [5, 5.41) is 9.46. The molecule has 0 saturated heterocycles. The maximum atomic E-state index is 12.7. The minimum Gasteiger partial charge on any atom is -0.293 e. The van der Waals surface area contributed by atoms with Crippen molar-refractivity contribution < 1.29 is 4.79 Å². The van der Waals surface area contributed by atoms with Crippen LogP contribution < -0.4 is 0 Å². The summed E-state index contributed by atoms with van der Waals surface area (Å²) in [7, 11) is 0. The number of carbonyl (C=O) groups excluding carboxylic acids is 1. The van der Waals surface area contributed by atoms with Crippen LogP contribution in [0.4, 0.5) is 0 Å². The average molecular weight is 450 g/mol. The number of thioether (sulfide) groups is 1. The Morgan fingerprint density at radius 1 is 0.857 bits per heavy atom. The van der Waals surface area contributed by atoms with Gasteiger partial charge in [-0.1, -0.05) is 94.4 Å². The molecule has 6 heteroatoms. The molecule has 1 aromatic heterocycles. The maximum absolute atomic E-state index is 12.7. The summed E-state index contributed by atoms with van der Waals surface area (Å²) in [5.74, 6) is 1.08. The van der Waals surface area contributed by atoms with Gasteiger partial charge in [-0.3, -0.25) is 9.36 Å². The number of hydrogen-bond donors (Lipinski definition) is 0. The Hall–Kier alpha value is -2.70. The molecule has 4 rings (SSSR count). The molecule has 0 atom stereocenters. The molecule has 0 spiro atoms. The Morgan fingerprint density at radius 2 is 1.50 bits per heavy atom. The number of ketones is 1. The SMILES string of the molecule is O=C(CSc1nnc(-c2ccccc2)n1-c1ccccc1)c1ccccc1Br. The van der Waals surface area contributed by atoms with Crippen molar-refractivity contribution in [3.63, 3.8) is 0 Å². The van der Waals surface area contributed by atoms with Gasteiger partial charge in [-0.05, 0) is 18.2 Å². The van der Waals surface area contributed by atoms with E-state index < -0.39 is 0 Å². The van der Waals surface area contributed by atoms with Crippen molar-refractivity contribution in [2.75, 3.05) is 5.75 Å². The largest absolute Gasteiger partial charge is 0.293 e. The highest BCUT2D eigenvalue weighted by Crippen LogP contribution is 2.28. The first-order valence-electron chi connectivity index (χ1n) is 8.71. The molecule has 0 radical (unpaired) electrons. The molecular weight excluding hydrogens is 434 g/mol. The second-order valence-electron chi connectivity index (χ2n) is 6.03. The Morgan fingerprint density at radius 3 is 2.21 bits per heavy atom. The smallest absolute Gasteiger partial charge is 0.196 e. The summed E-state index contributed by atoms with van der Waals surface area (Å²) >= 11 is 4.83. The molecule has 0 unspecified atom stereocenters. The normalized spacial score (nSPS) is 10.8. The molecule has 28 heavy (non-hydrogen) atoms. The molecular formula is C22H16BrN3OS. The van der Waals surface area contributed by atoms with Crippen LogP contribution in [0.15, 0.2) is 94.6 Å². The van der Waals surface area contributed by atoms with E-state index in [0.717, 1.165) is 21.5 Å². The number of nitrogens with zero attached hydrogens (tertiary/aromatic N) is 3. The minimum atomic E-state index is 0.0429. The van der Waals surface area contributed by atoms with Crippen LogP contribution in [0.1, 0.15) is 10.4 Å². The Kier molecular flexibility index (Phi) is 5.69. The lowest BCUT2D eigenvalue weighted by Crippen LogP contribution is -2.05. The van der Waals surface area contributed by atoms with E-state index in [1.54, 1.807) is 0 Å². The van der Waals surface area contributed by atoms with Crippen molar-refractivity contribution in [2.24, 2.45) is 0 Å². The molecule has 4 nitrogen and oxygen atoms in total. The van der Waals surface area contributed by atoms with Gasteiger partial charge in [-0.2, -0.15) is 0 Å². The van der Waals surface area contributed by atoms with Crippen molar-refractivity contribution >= 4 is 33.5 Å². The molecule has 0 aliphatic carbocycles. The highest BCUT2D eigenvalue weighted by atomic mass is 79.9. The number of benzene rings is 3. The van der Waals surface area contributed by atoms with Gasteiger partial charge < -0.3 is 0 Å². The lowest BCUT2D eigenvalue weighted by atomic mass is 10.1. The number of para-hydroxylation sites is 1. The van der Waals surface area contributed by atoms with Crippen LogP contribution in [-0.2, 0) is 0 Å². The van der Waals surface area contributed by atoms with Crippen LogP contribution in [0.3, 0.4) is 0 Å². The number of hydrogen-bond acceptors (Lipinski definition) is 4. The monoisotopic (exact) mass is 449 g/mol. The average Bonchev–Trinajstić information content (AvgIpc) is 3.17. The van der Waals surface area contributed by atoms with Gasteiger partial charge >= 0.3 is 0 Å². The van der Waals surface area contributed by atoms with Crippen LogP contribution in [0.2, 0.25) is 0 Å². The first-order chi connectivity index (χ1) is 13.7. The Labute approximate surface area is 175 Å². The number of rotatable bonds is 6. The van der Waals surface area contributed by atoms with Gasteiger partial charge in [0.25, 0.3) is 0 Å². The first kappa shape index (κ1) is 18.7. The molecule has 0 aliphatic rings. The number of carbonyl (C=O) groups is 1. The first-order valence-corrected chi connectivity index (χ1v) is 10.5. The van der Waals surface area contributed by atoms with E-state index in [-0.39, 0.29) is 11.5 Å². The fourth-order valence-corrected chi connectivity index (χ4v) is 4.18. The van der Waals surface area contributed by atoms with E-state index in [0.29, 0.717) is 10.7 Å². The zero-order valence-corrected chi connectivity index (χ0v) is 17.2. The number of aromatic nitrogens is 3. The van der Waals surface area contributed by atoms with E-state index in [9.17, 15) is 4.79 Å². The molecule has 3 aromatic carbocycles. The zero-order valence-electron chi connectivity index (χ0n) is 14.8. The summed E-state index contributed by atoms with van der Waals surface area (Å²) in [4.78, 5) is 12.7. The second kappa shape index (κ2) is 8.54. The zero-order chi connectivity index (χ0) is 19.3. The highest BCUT2D eigenvalue weighted by molar-refractivity contribution is 9.10. The van der Waals surface area contributed by atoms with Gasteiger partial charge in [0.05, 0.1) is 5.75 Å². The molecule has 0 saturated carbocycles. The van der Waals surface area contributed by atoms with Crippen LogP contribution in [0.5, 0.6) is 0 Å². The number of Topliss-reactive ketones (excluding diaryl/α,β-unsaturated/α-hetero) is 1. The van der Waals surface area contributed by atoms with Gasteiger partial charge in [-0.25, -0.2) is 0 Å². The van der Waals surface area contributed by atoms with Gasteiger partial charge in [0.1, 0.15) is 0 Å². The molecule has 0 fully saturated rings. The fraction of sp³-hybridized carbons (Fsp3) is 0.0455. The van der Waals surface area contributed by atoms with E-state index in [2.05, 4.69) is 26.1 Å². The van der Waals surface area contributed by atoms with Crippen molar-refractivity contribution in [1.82, 2.24) is 14.8 Å². The summed E-state index contributed by atoms with van der Waals surface area (Å²) in [6.07, 6.45) is 0. The molecule has 0 bridgehead atoms. The fourth-order valence-electron chi connectivity index (χ4n) is 2.84. The van der Waals surface area contributed by atoms with E-state index >= 15 is 0 Å². The quantitative estimate of drug-likeness (QED) is 0.281. The van der Waals surface area contributed by atoms with Crippen LogP contribution in [0.25, 0.3) is 17.1 Å². The van der Waals surface area contributed by atoms with Crippen molar-refractivity contribution in [1.29, 1.82) is 0 Å². The van der Waals surface area contributed by atoms with E-state index in [1.807, 2.05) is 89.5 Å². The maximum Gasteiger partial charge on any atom is 0.196 e. The van der Waals surface area contributed by atoms with E-state index in [4.69, 9.17) is 0 Å². The predicted molar refractivity (Wildman–Crippen MR) is 116 cm³/mol. The lowest BCUT2D eigenvalue weighted by molar-refractivity contribution is 0.102. The number of halogens is 1. The third-order valence-electron chi connectivity index (χ3n) is 4.19. The summed E-state index contributed by atoms with van der Waals surface area (Å²) in [6.45, 7) is 0. The molecule has 4 aromatic rings. The summed E-state index contributed by atoms with van der Waals surface area (Å²) in [5.41, 5.74) is 2.61. The van der Waals surface area contributed by atoms with Gasteiger partial charge in [-0.15, -0.1) is 10.2 Å². The Bertz CT molecular complexity index is 1100. The van der Waals surface area contributed by atoms with Crippen LogP contribution in [0, 0.1) is 0 Å². The van der Waals surface area contributed by atoms with Crippen LogP contribution >= 0.6 is 27.7 Å². The second-order valence-corrected chi connectivity index (χ2v) is 7.83. The van der Waals surface area contributed by atoms with E-state index in [1.165, 1.54) is 11.8 Å². The lowest BCUT2D eigenvalue weighted by Gasteiger charge is -2.10. The predicted octanol–water partition coefficient (Wildman–Crippen LogP) is 5.67. The molecule has 138 valence electrons. The molecule has 0 amide bonds. The van der Waals surface area contributed by atoms with Crippen molar-refractivity contribution in [3.05, 3.63) is 95.0 Å². The highest BCUT2D eigenvalue weighted by Gasteiger charge is 2.18. The van der Waals surface area contributed by atoms with Crippen molar-refractivity contribution in [2.45, 2.75) is 5.16 Å². The molecule has 0 aliphatic heterocycles. The minimum absolute atomic E-state index is 0.0429. The third kappa shape index (κ3) is 3.93. The summed E-state index contributed by atoms with van der Waals surface area (Å²) in [6, 6.07) is 27.3. The molecule has 1 heterocycles. The van der Waals surface area contributed by atoms with Gasteiger partial charge in [0.15, 0.2) is 16.8 Å². The van der Waals surface area contributed by atoms with Crippen molar-refractivity contribution in [3.8, 4) is 17.1 Å².